The van der Waals surface area contributed by atoms with E-state index in [9.17, 15) is 0 Å². The van der Waals surface area contributed by atoms with Gasteiger partial charge >= 0.3 is 0 Å². The van der Waals surface area contributed by atoms with Gasteiger partial charge in [0.15, 0.2) is 6.71 Å². The van der Waals surface area contributed by atoms with E-state index in [1.807, 2.05) is 0 Å². The summed E-state index contributed by atoms with van der Waals surface area (Å²) in [6.07, 6.45) is 0. The lowest BCUT2D eigenvalue weighted by atomic mass is 9.23. The van der Waals surface area contributed by atoms with Crippen LogP contribution < -0.4 is 67.6 Å². The predicted octanol–water partition coefficient (Wildman–Crippen LogP) is 19.0. The molecule has 15 rings (SSSR count). The predicted molar refractivity (Wildman–Crippen MR) is 414 cm³/mol. The van der Waals surface area contributed by atoms with Gasteiger partial charge in [-0.2, -0.15) is 0 Å². The van der Waals surface area contributed by atoms with Gasteiger partial charge in [0, 0.05) is 92.7 Å². The minimum absolute atomic E-state index is 0.0159. The Kier molecular flexibility index (Phi) is 15.8. The van der Waals surface area contributed by atoms with E-state index in [1.165, 1.54) is 83.7 Å². The molecule has 0 aliphatic carbocycles. The molecule has 0 N–H and O–H groups in total. The van der Waals surface area contributed by atoms with Crippen molar-refractivity contribution in [1.29, 1.82) is 0 Å². The largest absolute Gasteiger partial charge is 0.343 e. The minimum atomic E-state index is -0.122. The number of para-hydroxylation sites is 8. The first kappa shape index (κ1) is 61.6. The van der Waals surface area contributed by atoms with Crippen LogP contribution >= 0.6 is 0 Å². The normalized spacial score (nSPS) is 14.7. The van der Waals surface area contributed by atoms with Crippen LogP contribution in [0.25, 0.3) is 0 Å². The second kappa shape index (κ2) is 24.3. The highest BCUT2D eigenvalue weighted by atomic mass is 15.2. The van der Waals surface area contributed by atoms with Crippen LogP contribution in [0.4, 0.5) is 91.0 Å². The Bertz CT molecular complexity index is 4240. The molecule has 470 valence electrons. The highest BCUT2D eigenvalue weighted by Gasteiger charge is 2.53. The number of anilines is 16. The van der Waals surface area contributed by atoms with Gasteiger partial charge in [-0.1, -0.05) is 233 Å². The average molecular weight is 1240 g/mol. The number of rotatable bonds is 15. The van der Waals surface area contributed by atoms with Crippen LogP contribution in [0.5, 0.6) is 0 Å². The van der Waals surface area contributed by atoms with Crippen molar-refractivity contribution in [3.8, 4) is 0 Å². The molecule has 11 aromatic carbocycles. The molecule has 0 amide bonds. The molecule has 0 saturated carbocycles. The summed E-state index contributed by atoms with van der Waals surface area (Å²) in [6, 6.07) is 98.0. The van der Waals surface area contributed by atoms with Crippen molar-refractivity contribution in [2.75, 3.05) is 42.5 Å². The van der Waals surface area contributed by atoms with Crippen molar-refractivity contribution in [2.45, 2.75) is 94.7 Å². The standard InChI is InChI=1S/C86H87B3N6/c1-13-90-76-53-68(92(62-37-21-15-22-38-62)63-39-23-16-24-40-63)55-78-80(76)88(70-49-33-35-51-74(70)94(78)66-45-29-19-30-46-66)72-57-73-84(82(83(72)90)87(60(5)58(3)85(7,8)9)61(6)59(4)86(10,11)12)91(14-2)77-54-69(93(64-41-25-17-26-42-64)65-43-27-18-28-44-65)56-79-81(77)89(73)71-50-34-36-52-75(71)95(79)67-47-31-20-32-48-67/h15-61H,13-14H2,1-12H3/t58-,59?,60?,61-/m1/s1. The van der Waals surface area contributed by atoms with E-state index in [1.54, 1.807) is 0 Å². The summed E-state index contributed by atoms with van der Waals surface area (Å²) in [7, 11) is 0. The molecule has 9 heteroatoms. The maximum atomic E-state index is 2.81. The van der Waals surface area contributed by atoms with Crippen LogP contribution in [0.15, 0.2) is 261 Å². The highest BCUT2D eigenvalue weighted by molar-refractivity contribution is 7.04. The van der Waals surface area contributed by atoms with Crippen molar-refractivity contribution in [2.24, 2.45) is 22.7 Å². The molecule has 4 aliphatic rings. The van der Waals surface area contributed by atoms with Gasteiger partial charge < -0.3 is 29.4 Å². The van der Waals surface area contributed by atoms with Gasteiger partial charge in [0.25, 0.3) is 13.4 Å². The first-order valence-corrected chi connectivity index (χ1v) is 34.9. The molecule has 11 aromatic rings. The molecule has 0 bridgehead atoms. The monoisotopic (exact) mass is 1240 g/mol. The SMILES string of the molecule is CCN1c2cc(N(c3ccccc3)c3ccccc3)cc3c2B(c2ccccc2N3c2ccccc2)c2cc3c(c(B(C(C)[C@@H](C)C(C)(C)C)[C@H](C)C(C)C(C)(C)C)c21)N(CC)c1cc(N(c2ccccc2)c2ccccc2)cc2c1B3c1ccccc1N2c1ccccc1. The molecule has 95 heavy (non-hydrogen) atoms. The molecule has 4 atom stereocenters. The maximum Gasteiger partial charge on any atom is 0.252 e. The quantitative estimate of drug-likeness (QED) is 0.0946. The van der Waals surface area contributed by atoms with Gasteiger partial charge in [-0.25, -0.2) is 0 Å². The van der Waals surface area contributed by atoms with Crippen molar-refractivity contribution < 1.29 is 0 Å². The van der Waals surface area contributed by atoms with Crippen LogP contribution in [0, 0.1) is 22.7 Å². The van der Waals surface area contributed by atoms with Crippen LogP contribution in [-0.4, -0.2) is 33.2 Å². The Hall–Kier alpha value is -9.59. The zero-order chi connectivity index (χ0) is 65.6. The third-order valence-electron chi connectivity index (χ3n) is 22.4. The second-order valence-electron chi connectivity index (χ2n) is 29.3. The summed E-state index contributed by atoms with van der Waals surface area (Å²) in [5, 5.41) is 0. The highest BCUT2D eigenvalue weighted by Crippen LogP contribution is 2.53. The fraction of sp³-hybridized carbons (Fsp3) is 0.233. The van der Waals surface area contributed by atoms with E-state index >= 15 is 0 Å². The third-order valence-corrected chi connectivity index (χ3v) is 22.4. The van der Waals surface area contributed by atoms with Crippen LogP contribution in [0.1, 0.15) is 83.1 Å². The molecule has 0 spiro atoms. The van der Waals surface area contributed by atoms with Crippen LogP contribution in [0.2, 0.25) is 11.6 Å². The van der Waals surface area contributed by atoms with Crippen molar-refractivity contribution in [1.82, 2.24) is 0 Å². The van der Waals surface area contributed by atoms with E-state index in [4.69, 9.17) is 0 Å². The minimum Gasteiger partial charge on any atom is -0.343 e. The van der Waals surface area contributed by atoms with E-state index < -0.39 is 0 Å². The molecule has 6 nitrogen and oxygen atoms in total. The Morgan fingerprint density at radius 3 is 0.947 bits per heavy atom. The Labute approximate surface area is 566 Å². The van der Waals surface area contributed by atoms with Gasteiger partial charge in [-0.3, -0.25) is 0 Å². The first-order valence-electron chi connectivity index (χ1n) is 34.9. The van der Waals surface area contributed by atoms with Gasteiger partial charge in [-0.05, 0) is 184 Å². The van der Waals surface area contributed by atoms with Crippen molar-refractivity contribution in [3.63, 3.8) is 0 Å². The lowest BCUT2D eigenvalue weighted by molar-refractivity contribution is 0.237. The van der Waals surface area contributed by atoms with Gasteiger partial charge in [0.05, 0.1) is 11.4 Å². The van der Waals surface area contributed by atoms with Crippen molar-refractivity contribution >= 4 is 149 Å². The molecular weight excluding hydrogens is 1150 g/mol. The number of nitrogens with zero attached hydrogens (tertiary/aromatic N) is 6. The third kappa shape index (κ3) is 10.3. The number of benzene rings is 11. The van der Waals surface area contributed by atoms with E-state index in [0.29, 0.717) is 11.8 Å². The fourth-order valence-electron chi connectivity index (χ4n) is 17.1. The summed E-state index contributed by atoms with van der Waals surface area (Å²) >= 11 is 0. The zero-order valence-corrected chi connectivity index (χ0v) is 57.5. The molecule has 4 aliphatic heterocycles. The summed E-state index contributed by atoms with van der Waals surface area (Å²) < 4.78 is 0. The number of fused-ring (bicyclic) bond motifs is 8. The molecular formula is C86H87B3N6. The second-order valence-corrected chi connectivity index (χ2v) is 29.3. The van der Waals surface area contributed by atoms with Gasteiger partial charge in [0.2, 0.25) is 0 Å². The van der Waals surface area contributed by atoms with E-state index in [0.717, 1.165) is 58.6 Å². The smallest absolute Gasteiger partial charge is 0.252 e. The zero-order valence-electron chi connectivity index (χ0n) is 57.5. The lowest BCUT2D eigenvalue weighted by Crippen LogP contribution is -2.69. The number of hydrogen-bond donors (Lipinski definition) is 0. The molecule has 4 heterocycles. The summed E-state index contributed by atoms with van der Waals surface area (Å²) in [6.45, 7) is 31.5. The maximum absolute atomic E-state index is 2.81. The summed E-state index contributed by atoms with van der Waals surface area (Å²) in [4.78, 5) is 15.7. The van der Waals surface area contributed by atoms with Crippen molar-refractivity contribution in [3.05, 3.63) is 261 Å². The molecule has 0 radical (unpaired) electrons. The molecule has 0 aromatic heterocycles. The fourth-order valence-corrected chi connectivity index (χ4v) is 17.1. The average Bonchev–Trinajstić information content (AvgIpc) is 0.679. The van der Waals surface area contributed by atoms with Gasteiger partial charge in [0.1, 0.15) is 0 Å². The first-order chi connectivity index (χ1) is 46.1. The Balaban J connectivity index is 1.12. The number of hydrogen-bond acceptors (Lipinski definition) is 6. The summed E-state index contributed by atoms with van der Waals surface area (Å²) in [5.74, 6) is 1.21. The summed E-state index contributed by atoms with van der Waals surface area (Å²) in [5.41, 5.74) is 28.7. The Morgan fingerprint density at radius 1 is 0.337 bits per heavy atom. The topological polar surface area (TPSA) is 19.4 Å². The lowest BCUT2D eigenvalue weighted by Gasteiger charge is -2.51. The molecule has 0 saturated heterocycles. The van der Waals surface area contributed by atoms with E-state index in [2.05, 4.69) is 373 Å². The van der Waals surface area contributed by atoms with Crippen LogP contribution in [-0.2, 0) is 0 Å². The Morgan fingerprint density at radius 2 is 0.632 bits per heavy atom. The molecule has 2 unspecified atom stereocenters. The molecule has 0 fully saturated rings. The van der Waals surface area contributed by atoms with Gasteiger partial charge in [-0.15, -0.1) is 0 Å². The van der Waals surface area contributed by atoms with E-state index in [-0.39, 0.29) is 42.6 Å². The van der Waals surface area contributed by atoms with Crippen LogP contribution in [0.3, 0.4) is 0 Å².